The van der Waals surface area contributed by atoms with Gasteiger partial charge in [0.1, 0.15) is 5.60 Å². The van der Waals surface area contributed by atoms with Crippen LogP contribution in [0.15, 0.2) is 24.3 Å². The van der Waals surface area contributed by atoms with Gasteiger partial charge in [-0.3, -0.25) is 10.1 Å². The summed E-state index contributed by atoms with van der Waals surface area (Å²) in [5, 5.41) is 2.63. The minimum absolute atomic E-state index is 0.109. The van der Waals surface area contributed by atoms with Crippen LogP contribution in [0.5, 0.6) is 0 Å². The third-order valence-electron chi connectivity index (χ3n) is 3.87. The van der Waals surface area contributed by atoms with E-state index < -0.39 is 11.7 Å². The predicted molar refractivity (Wildman–Crippen MR) is 101 cm³/mol. The summed E-state index contributed by atoms with van der Waals surface area (Å²) in [5.74, 6) is -0.109. The minimum atomic E-state index is -0.578. The van der Waals surface area contributed by atoms with Gasteiger partial charge in [-0.2, -0.15) is 0 Å². The van der Waals surface area contributed by atoms with Crippen molar-refractivity contribution in [2.45, 2.75) is 33.3 Å². The van der Waals surface area contributed by atoms with Gasteiger partial charge in [-0.25, -0.2) is 9.59 Å². The van der Waals surface area contributed by atoms with Crippen molar-refractivity contribution in [2.24, 2.45) is 0 Å². The fraction of sp³-hybridized carbons (Fsp3) is 0.526. The van der Waals surface area contributed by atoms with Crippen LogP contribution in [-0.4, -0.2) is 66.3 Å². The van der Waals surface area contributed by atoms with Crippen molar-refractivity contribution >= 4 is 23.8 Å². The molecule has 0 unspecified atom stereocenters. The lowest BCUT2D eigenvalue weighted by molar-refractivity contribution is 0.0570. The zero-order valence-electron chi connectivity index (χ0n) is 16.3. The average Bonchev–Trinajstić information content (AvgIpc) is 2.60. The first kappa shape index (κ1) is 20.5. The van der Waals surface area contributed by atoms with E-state index in [0.29, 0.717) is 44.0 Å². The standard InChI is InChI=1S/C19H27N3O5/c1-5-26-18(25)22-12-10-21(11-13-22)16(23)14-6-8-15(9-7-14)20-17(24)27-19(2,3)4/h6-9H,5,10-13H2,1-4H3,(H,20,24). The van der Waals surface area contributed by atoms with Gasteiger partial charge in [0.25, 0.3) is 5.91 Å². The molecule has 0 bridgehead atoms. The molecule has 27 heavy (non-hydrogen) atoms. The van der Waals surface area contributed by atoms with Gasteiger partial charge < -0.3 is 19.3 Å². The van der Waals surface area contributed by atoms with E-state index in [1.807, 2.05) is 0 Å². The van der Waals surface area contributed by atoms with Gasteiger partial charge in [-0.05, 0) is 52.0 Å². The number of benzene rings is 1. The Kier molecular flexibility index (Phi) is 6.65. The molecule has 1 fully saturated rings. The maximum Gasteiger partial charge on any atom is 0.412 e. The molecule has 1 N–H and O–H groups in total. The van der Waals surface area contributed by atoms with Crippen LogP contribution in [0.25, 0.3) is 0 Å². The molecule has 3 amide bonds. The van der Waals surface area contributed by atoms with E-state index in [-0.39, 0.29) is 12.0 Å². The number of hydrogen-bond donors (Lipinski definition) is 1. The van der Waals surface area contributed by atoms with Crippen molar-refractivity contribution in [1.82, 2.24) is 9.80 Å². The number of carbonyl (C=O) groups excluding carboxylic acids is 3. The van der Waals surface area contributed by atoms with Crippen molar-refractivity contribution in [3.8, 4) is 0 Å². The van der Waals surface area contributed by atoms with Crippen LogP contribution in [0.3, 0.4) is 0 Å². The van der Waals surface area contributed by atoms with Crippen LogP contribution in [0.1, 0.15) is 38.1 Å². The highest BCUT2D eigenvalue weighted by Crippen LogP contribution is 2.15. The fourth-order valence-electron chi connectivity index (χ4n) is 2.61. The zero-order valence-corrected chi connectivity index (χ0v) is 16.3. The number of nitrogens with one attached hydrogen (secondary N) is 1. The lowest BCUT2D eigenvalue weighted by Crippen LogP contribution is -2.50. The normalized spacial score (nSPS) is 14.5. The number of carbonyl (C=O) groups is 3. The Morgan fingerprint density at radius 1 is 1.00 bits per heavy atom. The van der Waals surface area contributed by atoms with Crippen molar-refractivity contribution in [3.63, 3.8) is 0 Å². The van der Waals surface area contributed by atoms with Crippen molar-refractivity contribution < 1.29 is 23.9 Å². The largest absolute Gasteiger partial charge is 0.450 e. The molecule has 0 aromatic heterocycles. The first-order chi connectivity index (χ1) is 12.7. The molecule has 0 aliphatic carbocycles. The number of amides is 3. The Morgan fingerprint density at radius 3 is 2.07 bits per heavy atom. The Bertz CT molecular complexity index is 674. The molecule has 1 aliphatic heterocycles. The van der Waals surface area contributed by atoms with Gasteiger partial charge >= 0.3 is 12.2 Å². The van der Waals surface area contributed by atoms with Crippen LogP contribution in [0, 0.1) is 0 Å². The van der Waals surface area contributed by atoms with E-state index in [1.165, 1.54) is 0 Å². The quantitative estimate of drug-likeness (QED) is 0.875. The van der Waals surface area contributed by atoms with Crippen LogP contribution < -0.4 is 5.32 Å². The van der Waals surface area contributed by atoms with E-state index in [4.69, 9.17) is 9.47 Å². The third kappa shape index (κ3) is 6.16. The predicted octanol–water partition coefficient (Wildman–Crippen LogP) is 2.95. The second-order valence-corrected chi connectivity index (χ2v) is 7.18. The van der Waals surface area contributed by atoms with Gasteiger partial charge in [0, 0.05) is 37.4 Å². The Labute approximate surface area is 159 Å². The van der Waals surface area contributed by atoms with Crippen LogP contribution in [0.2, 0.25) is 0 Å². The molecule has 0 atom stereocenters. The molecule has 1 aromatic rings. The lowest BCUT2D eigenvalue weighted by atomic mass is 10.1. The van der Waals surface area contributed by atoms with Gasteiger partial charge in [0.15, 0.2) is 0 Å². The number of nitrogens with zero attached hydrogens (tertiary/aromatic N) is 2. The summed E-state index contributed by atoms with van der Waals surface area (Å²) >= 11 is 0. The molecule has 148 valence electrons. The van der Waals surface area contributed by atoms with E-state index in [9.17, 15) is 14.4 Å². The highest BCUT2D eigenvalue weighted by molar-refractivity contribution is 5.95. The first-order valence-corrected chi connectivity index (χ1v) is 9.00. The number of piperazine rings is 1. The second-order valence-electron chi connectivity index (χ2n) is 7.18. The SMILES string of the molecule is CCOC(=O)N1CCN(C(=O)c2ccc(NC(=O)OC(C)(C)C)cc2)CC1. The summed E-state index contributed by atoms with van der Waals surface area (Å²) in [6, 6.07) is 6.64. The minimum Gasteiger partial charge on any atom is -0.450 e. The van der Waals surface area contributed by atoms with Gasteiger partial charge in [-0.15, -0.1) is 0 Å². The molecule has 0 radical (unpaired) electrons. The zero-order chi connectivity index (χ0) is 20.0. The summed E-state index contributed by atoms with van der Waals surface area (Å²) < 4.78 is 10.2. The van der Waals surface area contributed by atoms with Crippen LogP contribution in [-0.2, 0) is 9.47 Å². The molecule has 1 aliphatic rings. The summed E-state index contributed by atoms with van der Waals surface area (Å²) in [6.45, 7) is 9.26. The molecule has 1 heterocycles. The molecule has 8 nitrogen and oxygen atoms in total. The molecule has 1 saturated heterocycles. The number of anilines is 1. The van der Waals surface area contributed by atoms with Gasteiger partial charge in [-0.1, -0.05) is 0 Å². The van der Waals surface area contributed by atoms with Crippen molar-refractivity contribution in [1.29, 1.82) is 0 Å². The van der Waals surface area contributed by atoms with E-state index in [1.54, 1.807) is 61.8 Å². The third-order valence-corrected chi connectivity index (χ3v) is 3.87. The molecular formula is C19H27N3O5. The van der Waals surface area contributed by atoms with E-state index in [0.717, 1.165) is 0 Å². The van der Waals surface area contributed by atoms with Crippen molar-refractivity contribution in [3.05, 3.63) is 29.8 Å². The Hall–Kier alpha value is -2.77. The number of ether oxygens (including phenoxy) is 2. The summed E-state index contributed by atoms with van der Waals surface area (Å²) in [4.78, 5) is 39.4. The number of hydrogen-bond acceptors (Lipinski definition) is 5. The highest BCUT2D eigenvalue weighted by Gasteiger charge is 2.25. The molecule has 1 aromatic carbocycles. The maximum atomic E-state index is 12.6. The Balaban J connectivity index is 1.89. The van der Waals surface area contributed by atoms with Crippen LogP contribution >= 0.6 is 0 Å². The van der Waals surface area contributed by atoms with E-state index >= 15 is 0 Å². The second kappa shape index (κ2) is 8.75. The van der Waals surface area contributed by atoms with Crippen molar-refractivity contribution in [2.75, 3.05) is 38.1 Å². The highest BCUT2D eigenvalue weighted by atomic mass is 16.6. The van der Waals surface area contributed by atoms with Gasteiger partial charge in [0.05, 0.1) is 6.61 Å². The summed E-state index contributed by atoms with van der Waals surface area (Å²) in [5.41, 5.74) is 0.494. The molecular weight excluding hydrogens is 350 g/mol. The maximum absolute atomic E-state index is 12.6. The molecule has 0 saturated carbocycles. The lowest BCUT2D eigenvalue weighted by Gasteiger charge is -2.34. The summed E-state index contributed by atoms with van der Waals surface area (Å²) in [6.07, 6.45) is -0.890. The average molecular weight is 377 g/mol. The molecule has 0 spiro atoms. The Morgan fingerprint density at radius 2 is 1.56 bits per heavy atom. The number of rotatable bonds is 3. The smallest absolute Gasteiger partial charge is 0.412 e. The van der Waals surface area contributed by atoms with Crippen LogP contribution in [0.4, 0.5) is 15.3 Å². The summed E-state index contributed by atoms with van der Waals surface area (Å²) in [7, 11) is 0. The molecule has 2 rings (SSSR count). The topological polar surface area (TPSA) is 88.2 Å². The first-order valence-electron chi connectivity index (χ1n) is 9.00. The van der Waals surface area contributed by atoms with E-state index in [2.05, 4.69) is 5.32 Å². The monoisotopic (exact) mass is 377 g/mol. The molecule has 8 heteroatoms. The van der Waals surface area contributed by atoms with Gasteiger partial charge in [0.2, 0.25) is 0 Å². The fourth-order valence-corrected chi connectivity index (χ4v) is 2.61.